The lowest BCUT2D eigenvalue weighted by molar-refractivity contribution is 0.0899. The Morgan fingerprint density at radius 1 is 1.00 bits per heavy atom. The summed E-state index contributed by atoms with van der Waals surface area (Å²) in [4.78, 5) is 12.1. The molecule has 2 atom stereocenters. The maximum Gasteiger partial charge on any atom is 0.191 e. The quantitative estimate of drug-likeness (QED) is 0.499. The largest absolute Gasteiger partial charge is 0.468 e. The smallest absolute Gasteiger partial charge is 0.191 e. The molecule has 7 heteroatoms. The molecular weight excluding hydrogens is 376 g/mol. The molecule has 30 heavy (non-hydrogen) atoms. The van der Waals surface area contributed by atoms with E-state index < -0.39 is 0 Å². The average molecular weight is 419 g/mol. The van der Waals surface area contributed by atoms with Crippen molar-refractivity contribution in [2.45, 2.75) is 45.2 Å². The van der Waals surface area contributed by atoms with Gasteiger partial charge in [0.2, 0.25) is 0 Å². The van der Waals surface area contributed by atoms with Crippen molar-refractivity contribution in [3.05, 3.63) is 24.2 Å². The van der Waals surface area contributed by atoms with E-state index in [1.54, 1.807) is 6.26 Å². The summed E-state index contributed by atoms with van der Waals surface area (Å²) in [7, 11) is 4.07. The summed E-state index contributed by atoms with van der Waals surface area (Å²) >= 11 is 0. The van der Waals surface area contributed by atoms with Crippen LogP contribution in [0.25, 0.3) is 0 Å². The lowest BCUT2D eigenvalue weighted by atomic mass is 10.0. The van der Waals surface area contributed by atoms with Crippen LogP contribution in [0.4, 0.5) is 0 Å². The van der Waals surface area contributed by atoms with E-state index in [0.29, 0.717) is 12.0 Å². The van der Waals surface area contributed by atoms with Crippen LogP contribution in [0.15, 0.2) is 27.8 Å². The fourth-order valence-electron chi connectivity index (χ4n) is 4.68. The summed E-state index contributed by atoms with van der Waals surface area (Å²) in [6.07, 6.45) is 5.65. The van der Waals surface area contributed by atoms with Crippen LogP contribution in [0.2, 0.25) is 0 Å². The van der Waals surface area contributed by atoms with Gasteiger partial charge < -0.3 is 20.0 Å². The molecule has 2 fully saturated rings. The van der Waals surface area contributed by atoms with Gasteiger partial charge in [-0.3, -0.25) is 14.8 Å². The zero-order valence-electron chi connectivity index (χ0n) is 19.4. The molecule has 0 aliphatic carbocycles. The molecule has 3 rings (SSSR count). The van der Waals surface area contributed by atoms with Gasteiger partial charge in [-0.15, -0.1) is 0 Å². The van der Waals surface area contributed by atoms with Crippen LogP contribution >= 0.6 is 0 Å². The summed E-state index contributed by atoms with van der Waals surface area (Å²) in [5.74, 6) is 2.52. The minimum atomic E-state index is 0.248. The number of rotatable bonds is 8. The molecule has 2 unspecified atom stereocenters. The van der Waals surface area contributed by atoms with E-state index in [9.17, 15) is 0 Å². The zero-order chi connectivity index (χ0) is 21.3. The van der Waals surface area contributed by atoms with Crippen molar-refractivity contribution in [1.29, 1.82) is 0 Å². The van der Waals surface area contributed by atoms with Gasteiger partial charge in [-0.1, -0.05) is 20.3 Å². The van der Waals surface area contributed by atoms with Crippen LogP contribution < -0.4 is 10.6 Å². The summed E-state index contributed by atoms with van der Waals surface area (Å²) in [6, 6.07) is 4.85. The van der Waals surface area contributed by atoms with Crippen LogP contribution in [-0.4, -0.2) is 93.2 Å². The molecule has 1 aromatic rings. The molecule has 2 aliphatic rings. The summed E-state index contributed by atoms with van der Waals surface area (Å²) in [6.45, 7) is 13.2. The van der Waals surface area contributed by atoms with Gasteiger partial charge >= 0.3 is 0 Å². The minimum absolute atomic E-state index is 0.248. The highest BCUT2D eigenvalue weighted by Gasteiger charge is 2.26. The molecule has 0 radical (unpaired) electrons. The van der Waals surface area contributed by atoms with Gasteiger partial charge in [0.1, 0.15) is 5.76 Å². The normalized spacial score (nSPS) is 22.2. The number of likely N-dealkylation sites (N-methyl/N-ethyl adjacent to an activating group) is 1. The molecule has 0 bridgehead atoms. The molecule has 0 spiro atoms. The molecular formula is C23H42N6O. The number of piperidine rings is 1. The Balaban J connectivity index is 1.54. The van der Waals surface area contributed by atoms with Crippen LogP contribution in [-0.2, 0) is 0 Å². The molecule has 7 nitrogen and oxygen atoms in total. The van der Waals surface area contributed by atoms with Crippen LogP contribution in [0, 0.1) is 5.92 Å². The van der Waals surface area contributed by atoms with Gasteiger partial charge in [-0.2, -0.15) is 0 Å². The third kappa shape index (κ3) is 6.46. The van der Waals surface area contributed by atoms with Gasteiger partial charge in [0.05, 0.1) is 12.3 Å². The minimum Gasteiger partial charge on any atom is -0.468 e. The number of nitrogens with zero attached hydrogens (tertiary/aromatic N) is 4. The van der Waals surface area contributed by atoms with Gasteiger partial charge in [0, 0.05) is 52.4 Å². The molecule has 2 saturated heterocycles. The summed E-state index contributed by atoms with van der Waals surface area (Å²) < 4.78 is 5.78. The van der Waals surface area contributed by atoms with Crippen molar-refractivity contribution in [2.75, 3.05) is 66.5 Å². The highest BCUT2D eigenvalue weighted by Crippen LogP contribution is 2.24. The maximum absolute atomic E-state index is 5.78. The molecule has 2 N–H and O–H groups in total. The first-order valence-corrected chi connectivity index (χ1v) is 11.7. The second-order valence-electron chi connectivity index (χ2n) is 9.11. The Morgan fingerprint density at radius 2 is 1.70 bits per heavy atom. The third-order valence-corrected chi connectivity index (χ3v) is 6.64. The summed E-state index contributed by atoms with van der Waals surface area (Å²) in [5.41, 5.74) is 0. The van der Waals surface area contributed by atoms with Gasteiger partial charge in [-0.25, -0.2) is 0 Å². The average Bonchev–Trinajstić information content (AvgIpc) is 3.29. The van der Waals surface area contributed by atoms with E-state index in [1.165, 1.54) is 19.3 Å². The predicted octanol–water partition coefficient (Wildman–Crippen LogP) is 2.24. The van der Waals surface area contributed by atoms with Crippen molar-refractivity contribution in [1.82, 2.24) is 25.3 Å². The molecule has 170 valence electrons. The predicted molar refractivity (Wildman–Crippen MR) is 124 cm³/mol. The third-order valence-electron chi connectivity index (χ3n) is 6.64. The lowest BCUT2D eigenvalue weighted by Gasteiger charge is -2.40. The Bertz CT molecular complexity index is 618. The first kappa shape index (κ1) is 23.1. The molecule has 0 aromatic carbocycles. The van der Waals surface area contributed by atoms with E-state index in [2.05, 4.69) is 57.3 Å². The van der Waals surface area contributed by atoms with E-state index >= 15 is 0 Å². The first-order chi connectivity index (χ1) is 14.6. The highest BCUT2D eigenvalue weighted by atomic mass is 16.3. The maximum atomic E-state index is 5.78. The van der Waals surface area contributed by atoms with Crippen molar-refractivity contribution in [3.8, 4) is 0 Å². The second-order valence-corrected chi connectivity index (χ2v) is 9.11. The van der Waals surface area contributed by atoms with Crippen molar-refractivity contribution < 1.29 is 4.42 Å². The Kier molecular flexibility index (Phi) is 9.03. The number of hydrogen-bond donors (Lipinski definition) is 2. The number of aliphatic imine (C=N–C) groups is 1. The van der Waals surface area contributed by atoms with Crippen LogP contribution in [0.3, 0.4) is 0 Å². The number of furan rings is 1. The number of likely N-dealkylation sites (tertiary alicyclic amines) is 1. The van der Waals surface area contributed by atoms with Gasteiger partial charge in [0.25, 0.3) is 0 Å². The van der Waals surface area contributed by atoms with Crippen molar-refractivity contribution in [3.63, 3.8) is 0 Å². The van der Waals surface area contributed by atoms with E-state index in [1.807, 2.05) is 13.1 Å². The molecule has 0 amide bonds. The van der Waals surface area contributed by atoms with E-state index in [-0.39, 0.29) is 6.04 Å². The van der Waals surface area contributed by atoms with Gasteiger partial charge in [-0.05, 0) is 51.0 Å². The van der Waals surface area contributed by atoms with E-state index in [4.69, 9.17) is 4.42 Å². The SMILES string of the molecule is CN=C(NCC(c1ccco1)N1CCCCC1)NCC(C(C)C)N1CCN(C)CC1. The van der Waals surface area contributed by atoms with E-state index in [0.717, 1.165) is 64.1 Å². The van der Waals surface area contributed by atoms with Crippen molar-refractivity contribution in [2.24, 2.45) is 10.9 Å². The van der Waals surface area contributed by atoms with Crippen LogP contribution in [0.1, 0.15) is 44.9 Å². The second kappa shape index (κ2) is 11.7. The fourth-order valence-corrected chi connectivity index (χ4v) is 4.68. The Morgan fingerprint density at radius 3 is 2.30 bits per heavy atom. The highest BCUT2D eigenvalue weighted by molar-refractivity contribution is 5.79. The monoisotopic (exact) mass is 418 g/mol. The molecule has 1 aromatic heterocycles. The Labute approximate surface area is 182 Å². The van der Waals surface area contributed by atoms with Gasteiger partial charge in [0.15, 0.2) is 5.96 Å². The fraction of sp³-hybridized carbons (Fsp3) is 0.783. The number of nitrogens with one attached hydrogen (secondary N) is 2. The lowest BCUT2D eigenvalue weighted by Crippen LogP contribution is -2.55. The molecule has 0 saturated carbocycles. The van der Waals surface area contributed by atoms with Crippen LogP contribution in [0.5, 0.6) is 0 Å². The Hall–Kier alpha value is -1.57. The first-order valence-electron chi connectivity index (χ1n) is 11.7. The number of piperazine rings is 1. The standard InChI is InChI=1S/C23H42N6O/c1-19(2)20(29-14-12-27(4)13-15-29)17-25-23(24-3)26-18-21(22-9-8-16-30-22)28-10-6-5-7-11-28/h8-9,16,19-21H,5-7,10-15,17-18H2,1-4H3,(H2,24,25,26). The van der Waals surface area contributed by atoms with Crippen molar-refractivity contribution >= 4 is 5.96 Å². The summed E-state index contributed by atoms with van der Waals surface area (Å²) in [5, 5.41) is 7.17. The molecule has 3 heterocycles. The molecule has 2 aliphatic heterocycles. The topological polar surface area (TPSA) is 59.3 Å². The zero-order valence-corrected chi connectivity index (χ0v) is 19.4. The number of guanidine groups is 1. The number of hydrogen-bond acceptors (Lipinski definition) is 5.